The number of aromatic amines is 1. The van der Waals surface area contributed by atoms with Crippen LogP contribution in [0.5, 0.6) is 0 Å². The molecular formula is C22H28F3N7O3. The van der Waals surface area contributed by atoms with Crippen LogP contribution in [0.3, 0.4) is 0 Å². The van der Waals surface area contributed by atoms with E-state index in [2.05, 4.69) is 32.0 Å². The van der Waals surface area contributed by atoms with Gasteiger partial charge in [-0.1, -0.05) is 0 Å². The molecule has 4 heterocycles. The van der Waals surface area contributed by atoms with E-state index in [0.29, 0.717) is 39.3 Å². The third-order valence-corrected chi connectivity index (χ3v) is 6.41. The normalized spacial score (nSPS) is 18.5. The van der Waals surface area contributed by atoms with Crippen molar-refractivity contribution in [1.82, 2.24) is 25.1 Å². The van der Waals surface area contributed by atoms with Gasteiger partial charge in [-0.15, -0.1) is 0 Å². The lowest BCUT2D eigenvalue weighted by atomic mass is 9.99. The van der Waals surface area contributed by atoms with Crippen LogP contribution >= 0.6 is 0 Å². The highest BCUT2D eigenvalue weighted by Crippen LogP contribution is 2.29. The number of fused-ring (bicyclic) bond motifs is 1. The maximum Gasteiger partial charge on any atom is 0.419 e. The second kappa shape index (κ2) is 10.6. The van der Waals surface area contributed by atoms with Gasteiger partial charge in [0.1, 0.15) is 0 Å². The van der Waals surface area contributed by atoms with Gasteiger partial charge in [0.15, 0.2) is 0 Å². The number of amides is 1. The number of alkyl halides is 3. The SMILES string of the molecule is CC1CCc2c(cn[nH]c2=O)N1CCOCCC(=O)N1CCN(c2ncc(C(F)(F)F)cn2)CC1. The fraction of sp³-hybridized carbons (Fsp3) is 0.591. The van der Waals surface area contributed by atoms with Crippen LogP contribution in [0.1, 0.15) is 30.9 Å². The molecule has 0 bridgehead atoms. The molecule has 13 heteroatoms. The number of nitrogens with zero attached hydrogens (tertiary/aromatic N) is 6. The van der Waals surface area contributed by atoms with E-state index < -0.39 is 11.7 Å². The average Bonchev–Trinajstić information content (AvgIpc) is 2.84. The predicted molar refractivity (Wildman–Crippen MR) is 121 cm³/mol. The first-order chi connectivity index (χ1) is 16.7. The number of ether oxygens (including phenoxy) is 1. The number of nitrogens with one attached hydrogen (secondary N) is 1. The molecule has 1 saturated heterocycles. The zero-order chi connectivity index (χ0) is 25.0. The molecule has 10 nitrogen and oxygen atoms in total. The molecule has 0 spiro atoms. The number of halogens is 3. The molecule has 1 amide bonds. The summed E-state index contributed by atoms with van der Waals surface area (Å²) in [6, 6.07) is 0.265. The van der Waals surface area contributed by atoms with Crippen molar-refractivity contribution in [3.8, 4) is 0 Å². The fourth-order valence-corrected chi connectivity index (χ4v) is 4.36. The van der Waals surface area contributed by atoms with E-state index in [1.807, 2.05) is 0 Å². The summed E-state index contributed by atoms with van der Waals surface area (Å²) in [4.78, 5) is 37.8. The van der Waals surface area contributed by atoms with E-state index in [1.165, 1.54) is 0 Å². The van der Waals surface area contributed by atoms with E-state index in [9.17, 15) is 22.8 Å². The number of carbonyl (C=O) groups is 1. The number of anilines is 2. The molecule has 4 rings (SSSR count). The maximum absolute atomic E-state index is 12.7. The minimum Gasteiger partial charge on any atom is -0.379 e. The lowest BCUT2D eigenvalue weighted by Gasteiger charge is -2.36. The Kier molecular flexibility index (Phi) is 7.53. The summed E-state index contributed by atoms with van der Waals surface area (Å²) < 4.78 is 43.7. The smallest absolute Gasteiger partial charge is 0.379 e. The Morgan fingerprint density at radius 1 is 1.14 bits per heavy atom. The van der Waals surface area contributed by atoms with Crippen molar-refractivity contribution < 1.29 is 22.7 Å². The summed E-state index contributed by atoms with van der Waals surface area (Å²) in [5.41, 5.74) is 0.534. The fourth-order valence-electron chi connectivity index (χ4n) is 4.36. The Bertz CT molecular complexity index is 1070. The highest BCUT2D eigenvalue weighted by molar-refractivity contribution is 5.76. The van der Waals surface area contributed by atoms with Gasteiger partial charge < -0.3 is 19.4 Å². The molecule has 2 aliphatic rings. The molecule has 35 heavy (non-hydrogen) atoms. The zero-order valence-electron chi connectivity index (χ0n) is 19.4. The molecule has 1 atom stereocenters. The minimum absolute atomic E-state index is 0.0367. The molecule has 1 fully saturated rings. The Hall–Kier alpha value is -3.22. The molecule has 2 aromatic rings. The van der Waals surface area contributed by atoms with Gasteiger partial charge in [-0.2, -0.15) is 18.3 Å². The highest BCUT2D eigenvalue weighted by atomic mass is 19.4. The molecule has 1 unspecified atom stereocenters. The van der Waals surface area contributed by atoms with E-state index in [-0.39, 0.29) is 36.5 Å². The van der Waals surface area contributed by atoms with Crippen molar-refractivity contribution in [3.63, 3.8) is 0 Å². The van der Waals surface area contributed by atoms with Crippen molar-refractivity contribution >= 4 is 17.5 Å². The third kappa shape index (κ3) is 5.89. The summed E-state index contributed by atoms with van der Waals surface area (Å²) >= 11 is 0. The Morgan fingerprint density at radius 3 is 2.54 bits per heavy atom. The lowest BCUT2D eigenvalue weighted by molar-refractivity contribution is -0.138. The Balaban J connectivity index is 1.18. The molecule has 2 aromatic heterocycles. The van der Waals surface area contributed by atoms with Crippen molar-refractivity contribution in [2.24, 2.45) is 0 Å². The van der Waals surface area contributed by atoms with Crippen LogP contribution in [0.2, 0.25) is 0 Å². The van der Waals surface area contributed by atoms with Gasteiger partial charge in [-0.3, -0.25) is 9.59 Å². The summed E-state index contributed by atoms with van der Waals surface area (Å²) in [6.07, 6.45) is 0.582. The number of hydrogen-bond acceptors (Lipinski definition) is 8. The number of H-pyrrole nitrogens is 1. The van der Waals surface area contributed by atoms with Crippen LogP contribution in [0.15, 0.2) is 23.4 Å². The van der Waals surface area contributed by atoms with Gasteiger partial charge in [0.25, 0.3) is 5.56 Å². The minimum atomic E-state index is -4.47. The second-order valence-electron chi connectivity index (χ2n) is 8.64. The van der Waals surface area contributed by atoms with Gasteiger partial charge in [0.05, 0.1) is 37.1 Å². The van der Waals surface area contributed by atoms with Crippen LogP contribution in [0.25, 0.3) is 0 Å². The number of carbonyl (C=O) groups excluding carboxylic acids is 1. The standard InChI is InChI=1S/C22H28F3N7O3/c1-15-2-3-17-18(14-28-29-20(17)34)32(15)9-11-35-10-4-19(33)30-5-7-31(8-6-30)21-26-12-16(13-27-21)22(23,24)25/h12-15H,2-11H2,1H3,(H,29,34). The van der Waals surface area contributed by atoms with Crippen molar-refractivity contribution in [2.75, 3.05) is 55.7 Å². The molecule has 0 radical (unpaired) electrons. The van der Waals surface area contributed by atoms with Crippen molar-refractivity contribution in [2.45, 2.75) is 38.4 Å². The summed E-state index contributed by atoms with van der Waals surface area (Å²) in [5, 5.41) is 6.39. The van der Waals surface area contributed by atoms with Gasteiger partial charge in [-0.05, 0) is 19.8 Å². The largest absolute Gasteiger partial charge is 0.419 e. The quantitative estimate of drug-likeness (QED) is 0.576. The first kappa shape index (κ1) is 24.9. The maximum atomic E-state index is 12.7. The number of rotatable bonds is 7. The summed E-state index contributed by atoms with van der Waals surface area (Å²) in [6.45, 7) is 5.16. The van der Waals surface area contributed by atoms with Crippen LogP contribution in [0, 0.1) is 0 Å². The van der Waals surface area contributed by atoms with Crippen molar-refractivity contribution in [1.29, 1.82) is 0 Å². The molecule has 0 saturated carbocycles. The molecule has 1 N–H and O–H groups in total. The van der Waals surface area contributed by atoms with Gasteiger partial charge >= 0.3 is 6.18 Å². The van der Waals surface area contributed by atoms with Crippen LogP contribution in [-0.4, -0.2) is 83.0 Å². The number of aromatic nitrogens is 4. The van der Waals surface area contributed by atoms with Gasteiger partial charge in [-0.25, -0.2) is 15.1 Å². The molecule has 0 aromatic carbocycles. The summed E-state index contributed by atoms with van der Waals surface area (Å²) in [5.74, 6) is 0.185. The highest BCUT2D eigenvalue weighted by Gasteiger charge is 2.32. The van der Waals surface area contributed by atoms with Crippen LogP contribution in [0.4, 0.5) is 24.8 Å². The topological polar surface area (TPSA) is 108 Å². The lowest BCUT2D eigenvalue weighted by Crippen LogP contribution is -2.49. The van der Waals surface area contributed by atoms with Gasteiger partial charge in [0, 0.05) is 56.7 Å². The van der Waals surface area contributed by atoms with E-state index in [0.717, 1.165) is 36.5 Å². The second-order valence-corrected chi connectivity index (χ2v) is 8.64. The van der Waals surface area contributed by atoms with Gasteiger partial charge in [0.2, 0.25) is 11.9 Å². The molecule has 190 valence electrons. The predicted octanol–water partition coefficient (Wildman–Crippen LogP) is 1.48. The van der Waals surface area contributed by atoms with E-state index >= 15 is 0 Å². The van der Waals surface area contributed by atoms with Crippen LogP contribution < -0.4 is 15.4 Å². The third-order valence-electron chi connectivity index (χ3n) is 6.41. The first-order valence-corrected chi connectivity index (χ1v) is 11.6. The van der Waals surface area contributed by atoms with E-state index in [1.54, 1.807) is 16.0 Å². The monoisotopic (exact) mass is 495 g/mol. The Labute approximate surface area is 200 Å². The zero-order valence-corrected chi connectivity index (χ0v) is 19.4. The van der Waals surface area contributed by atoms with E-state index in [4.69, 9.17) is 4.74 Å². The average molecular weight is 496 g/mol. The molecular weight excluding hydrogens is 467 g/mol. The van der Waals surface area contributed by atoms with Crippen LogP contribution in [-0.2, 0) is 22.1 Å². The number of piperazine rings is 1. The summed E-state index contributed by atoms with van der Waals surface area (Å²) in [7, 11) is 0. The molecule has 0 aliphatic carbocycles. The number of hydrogen-bond donors (Lipinski definition) is 1. The van der Waals surface area contributed by atoms with Crippen molar-refractivity contribution in [3.05, 3.63) is 40.1 Å². The first-order valence-electron chi connectivity index (χ1n) is 11.6. The molecule has 2 aliphatic heterocycles. The Morgan fingerprint density at radius 2 is 1.86 bits per heavy atom.